The Labute approximate surface area is 133 Å². The van der Waals surface area contributed by atoms with Gasteiger partial charge < -0.3 is 5.32 Å². The Morgan fingerprint density at radius 2 is 1.91 bits per heavy atom. The van der Waals surface area contributed by atoms with Gasteiger partial charge in [-0.25, -0.2) is 0 Å². The van der Waals surface area contributed by atoms with Gasteiger partial charge in [-0.05, 0) is 50.9 Å². The summed E-state index contributed by atoms with van der Waals surface area (Å²) < 4.78 is 0. The molecule has 0 bridgehead atoms. The van der Waals surface area contributed by atoms with Crippen LogP contribution in [0.5, 0.6) is 0 Å². The van der Waals surface area contributed by atoms with Crippen molar-refractivity contribution in [2.75, 3.05) is 19.6 Å². The van der Waals surface area contributed by atoms with E-state index in [1.165, 1.54) is 25.0 Å². The van der Waals surface area contributed by atoms with Gasteiger partial charge in [0.1, 0.15) is 0 Å². The first kappa shape index (κ1) is 15.5. The van der Waals surface area contributed by atoms with Crippen LogP contribution in [-0.4, -0.2) is 41.5 Å². The Morgan fingerprint density at radius 3 is 2.59 bits per heavy atom. The Morgan fingerprint density at radius 1 is 1.14 bits per heavy atom. The number of hydrogen-bond donors (Lipinski definition) is 1. The zero-order valence-electron chi connectivity index (χ0n) is 13.3. The third kappa shape index (κ3) is 4.29. The molecule has 2 heterocycles. The fourth-order valence-corrected chi connectivity index (χ4v) is 3.73. The molecule has 2 fully saturated rings. The van der Waals surface area contributed by atoms with Crippen LogP contribution in [0.4, 0.5) is 0 Å². The van der Waals surface area contributed by atoms with E-state index in [1.807, 2.05) is 12.3 Å². The van der Waals surface area contributed by atoms with Gasteiger partial charge in [-0.15, -0.1) is 0 Å². The highest BCUT2D eigenvalue weighted by Crippen LogP contribution is 2.26. The first-order valence-electron chi connectivity index (χ1n) is 8.74. The van der Waals surface area contributed by atoms with E-state index >= 15 is 0 Å². The Hall–Kier alpha value is -1.42. The smallest absolute Gasteiger partial charge is 0.234 e. The van der Waals surface area contributed by atoms with Crippen molar-refractivity contribution in [1.82, 2.24) is 15.2 Å². The minimum absolute atomic E-state index is 0.211. The molecule has 0 spiro atoms. The molecule has 0 radical (unpaired) electrons. The molecule has 1 aliphatic carbocycles. The number of carbonyl (C=O) groups is 1. The largest absolute Gasteiger partial charge is 0.352 e. The van der Waals surface area contributed by atoms with Crippen molar-refractivity contribution >= 4 is 5.91 Å². The van der Waals surface area contributed by atoms with Gasteiger partial charge >= 0.3 is 0 Å². The molecule has 0 aromatic carbocycles. The summed E-state index contributed by atoms with van der Waals surface area (Å²) in [5, 5.41) is 3.22. The molecule has 1 aliphatic heterocycles. The van der Waals surface area contributed by atoms with E-state index in [9.17, 15) is 4.79 Å². The second kappa shape index (κ2) is 7.73. The molecule has 1 aromatic heterocycles. The lowest BCUT2D eigenvalue weighted by molar-refractivity contribution is -0.123. The highest BCUT2D eigenvalue weighted by atomic mass is 16.2. The third-order valence-corrected chi connectivity index (χ3v) is 5.03. The topological polar surface area (TPSA) is 45.2 Å². The van der Waals surface area contributed by atoms with Gasteiger partial charge in [-0.3, -0.25) is 14.7 Å². The summed E-state index contributed by atoms with van der Waals surface area (Å²) in [6, 6.07) is 6.57. The van der Waals surface area contributed by atoms with E-state index in [4.69, 9.17) is 0 Å². The van der Waals surface area contributed by atoms with Crippen LogP contribution in [-0.2, 0) is 4.79 Å². The van der Waals surface area contributed by atoms with Crippen molar-refractivity contribution in [2.45, 2.75) is 56.9 Å². The van der Waals surface area contributed by atoms with Gasteiger partial charge in [0.2, 0.25) is 5.91 Å². The van der Waals surface area contributed by atoms with Gasteiger partial charge in [-0.1, -0.05) is 25.3 Å². The number of likely N-dealkylation sites (tertiary alicyclic amines) is 1. The average Bonchev–Trinajstić information content (AvgIpc) is 2.57. The molecule has 1 N–H and O–H groups in total. The molecule has 0 unspecified atom stereocenters. The summed E-state index contributed by atoms with van der Waals surface area (Å²) in [4.78, 5) is 18.9. The van der Waals surface area contributed by atoms with Gasteiger partial charge in [0.15, 0.2) is 0 Å². The van der Waals surface area contributed by atoms with Crippen LogP contribution in [0.25, 0.3) is 0 Å². The lowest BCUT2D eigenvalue weighted by Crippen LogP contribution is -2.44. The van der Waals surface area contributed by atoms with Gasteiger partial charge in [0.05, 0.1) is 6.54 Å². The van der Waals surface area contributed by atoms with Crippen LogP contribution in [0, 0.1) is 0 Å². The molecule has 120 valence electrons. The number of amides is 1. The van der Waals surface area contributed by atoms with Crippen molar-refractivity contribution in [1.29, 1.82) is 0 Å². The molecule has 2 aliphatic rings. The number of carbonyl (C=O) groups excluding carboxylic acids is 1. The molecule has 1 saturated carbocycles. The van der Waals surface area contributed by atoms with Crippen molar-refractivity contribution in [3.63, 3.8) is 0 Å². The second-order valence-corrected chi connectivity index (χ2v) is 6.71. The summed E-state index contributed by atoms with van der Waals surface area (Å²) in [7, 11) is 0. The predicted octanol–water partition coefficient (Wildman–Crippen LogP) is 2.71. The van der Waals surface area contributed by atoms with E-state index in [-0.39, 0.29) is 5.91 Å². The first-order chi connectivity index (χ1) is 10.8. The highest BCUT2D eigenvalue weighted by molar-refractivity contribution is 5.78. The Balaban J connectivity index is 1.41. The average molecular weight is 301 g/mol. The molecule has 1 amide bonds. The number of nitrogens with zero attached hydrogens (tertiary/aromatic N) is 2. The van der Waals surface area contributed by atoms with Crippen LogP contribution in [0.2, 0.25) is 0 Å². The summed E-state index contributed by atoms with van der Waals surface area (Å²) >= 11 is 0. The molecule has 4 heteroatoms. The zero-order chi connectivity index (χ0) is 15.2. The van der Waals surface area contributed by atoms with Gasteiger partial charge in [0.25, 0.3) is 0 Å². The number of rotatable bonds is 4. The number of nitrogens with one attached hydrogen (secondary N) is 1. The van der Waals surface area contributed by atoms with Crippen LogP contribution in [0.3, 0.4) is 0 Å². The molecule has 1 saturated heterocycles. The monoisotopic (exact) mass is 301 g/mol. The summed E-state index contributed by atoms with van der Waals surface area (Å²) in [5.41, 5.74) is 1.20. The van der Waals surface area contributed by atoms with Crippen molar-refractivity contribution in [2.24, 2.45) is 0 Å². The lowest BCUT2D eigenvalue weighted by Gasteiger charge is -2.32. The molecule has 0 atom stereocenters. The molecule has 3 rings (SSSR count). The van der Waals surface area contributed by atoms with Crippen LogP contribution >= 0.6 is 0 Å². The van der Waals surface area contributed by atoms with Crippen LogP contribution in [0.1, 0.15) is 56.6 Å². The van der Waals surface area contributed by atoms with Gasteiger partial charge in [0, 0.05) is 23.9 Å². The van der Waals surface area contributed by atoms with E-state index in [1.54, 1.807) is 0 Å². The van der Waals surface area contributed by atoms with Crippen molar-refractivity contribution < 1.29 is 4.79 Å². The Bertz CT molecular complexity index is 462. The zero-order valence-corrected chi connectivity index (χ0v) is 13.3. The Kier molecular flexibility index (Phi) is 5.43. The SMILES string of the molecule is O=C(CN1CCC(c2ccccn2)CC1)NC1CCCCC1. The number of pyridine rings is 1. The maximum atomic E-state index is 12.2. The van der Waals surface area contributed by atoms with Crippen LogP contribution < -0.4 is 5.32 Å². The maximum absolute atomic E-state index is 12.2. The van der Waals surface area contributed by atoms with Crippen molar-refractivity contribution in [3.8, 4) is 0 Å². The predicted molar refractivity (Wildman–Crippen MR) is 87.7 cm³/mol. The number of aromatic nitrogens is 1. The quantitative estimate of drug-likeness (QED) is 0.930. The molecule has 22 heavy (non-hydrogen) atoms. The highest BCUT2D eigenvalue weighted by Gasteiger charge is 2.23. The van der Waals surface area contributed by atoms with E-state index < -0.39 is 0 Å². The minimum Gasteiger partial charge on any atom is -0.352 e. The third-order valence-electron chi connectivity index (χ3n) is 5.03. The fraction of sp³-hybridized carbons (Fsp3) is 0.667. The fourth-order valence-electron chi connectivity index (χ4n) is 3.73. The lowest BCUT2D eigenvalue weighted by atomic mass is 9.93. The minimum atomic E-state index is 0.211. The molecule has 4 nitrogen and oxygen atoms in total. The van der Waals surface area contributed by atoms with Gasteiger partial charge in [-0.2, -0.15) is 0 Å². The summed E-state index contributed by atoms with van der Waals surface area (Å²) in [5.74, 6) is 0.766. The normalized spacial score (nSPS) is 21.6. The van der Waals surface area contributed by atoms with E-state index in [2.05, 4.69) is 27.3 Å². The molecular weight excluding hydrogens is 274 g/mol. The molecular formula is C18H27N3O. The van der Waals surface area contributed by atoms with Crippen molar-refractivity contribution in [3.05, 3.63) is 30.1 Å². The maximum Gasteiger partial charge on any atom is 0.234 e. The standard InChI is InChI=1S/C18H27N3O/c22-18(20-16-6-2-1-3-7-16)14-21-12-9-15(10-13-21)17-8-4-5-11-19-17/h4-5,8,11,15-16H,1-3,6-7,9-10,12-14H2,(H,20,22). The van der Waals surface area contributed by atoms with Crippen LogP contribution in [0.15, 0.2) is 24.4 Å². The first-order valence-corrected chi connectivity index (χ1v) is 8.74. The summed E-state index contributed by atoms with van der Waals surface area (Å²) in [6.45, 7) is 2.56. The van der Waals surface area contributed by atoms with E-state index in [0.29, 0.717) is 18.5 Å². The van der Waals surface area contributed by atoms with E-state index in [0.717, 1.165) is 38.8 Å². The number of piperidine rings is 1. The molecule has 1 aromatic rings. The second-order valence-electron chi connectivity index (χ2n) is 6.71. The summed E-state index contributed by atoms with van der Waals surface area (Å²) in [6.07, 6.45) is 10.3. The number of hydrogen-bond acceptors (Lipinski definition) is 3.